The second-order valence-corrected chi connectivity index (χ2v) is 6.42. The number of fused-ring (bicyclic) bond motifs is 1. The SMILES string of the molecule is CCOCCCn1c(NC(=O)Cc2cccc(Cl)c2)nc2ccccc21. The maximum Gasteiger partial charge on any atom is 0.231 e. The standard InChI is InChI=1S/C20H22ClN3O2/c1-2-26-12-6-11-24-18-10-4-3-9-17(18)22-20(24)23-19(25)14-15-7-5-8-16(21)13-15/h3-5,7-10,13H,2,6,11-12,14H2,1H3,(H,22,23,25). The van der Waals surface area contributed by atoms with Crippen LogP contribution in [0.2, 0.25) is 5.02 Å². The molecule has 0 aliphatic rings. The highest BCUT2D eigenvalue weighted by molar-refractivity contribution is 6.30. The van der Waals surface area contributed by atoms with E-state index < -0.39 is 0 Å². The van der Waals surface area contributed by atoms with Crippen molar-refractivity contribution < 1.29 is 9.53 Å². The number of rotatable bonds is 8. The molecular formula is C20H22ClN3O2. The molecule has 6 heteroatoms. The first-order valence-electron chi connectivity index (χ1n) is 8.74. The second kappa shape index (κ2) is 8.83. The van der Waals surface area contributed by atoms with Gasteiger partial charge in [-0.25, -0.2) is 4.98 Å². The number of amides is 1. The molecule has 136 valence electrons. The number of halogens is 1. The number of anilines is 1. The number of aryl methyl sites for hydroxylation is 1. The smallest absolute Gasteiger partial charge is 0.231 e. The first-order valence-corrected chi connectivity index (χ1v) is 9.12. The van der Waals surface area contributed by atoms with Crippen LogP contribution < -0.4 is 5.32 Å². The summed E-state index contributed by atoms with van der Waals surface area (Å²) in [7, 11) is 0. The molecule has 2 aromatic carbocycles. The molecule has 0 saturated heterocycles. The van der Waals surface area contributed by atoms with E-state index in [1.165, 1.54) is 0 Å². The topological polar surface area (TPSA) is 56.1 Å². The predicted octanol–water partition coefficient (Wildman–Crippen LogP) is 4.30. The number of hydrogen-bond acceptors (Lipinski definition) is 3. The van der Waals surface area contributed by atoms with Crippen LogP contribution in [0.1, 0.15) is 18.9 Å². The Kier molecular flexibility index (Phi) is 6.26. The molecule has 3 rings (SSSR count). The number of nitrogens with one attached hydrogen (secondary N) is 1. The molecule has 0 radical (unpaired) electrons. The van der Waals surface area contributed by atoms with E-state index >= 15 is 0 Å². The van der Waals surface area contributed by atoms with Crippen molar-refractivity contribution in [1.29, 1.82) is 0 Å². The number of para-hydroxylation sites is 2. The van der Waals surface area contributed by atoms with Gasteiger partial charge in [0, 0.05) is 24.8 Å². The Morgan fingerprint density at radius 2 is 2.08 bits per heavy atom. The van der Waals surface area contributed by atoms with Gasteiger partial charge in [-0.3, -0.25) is 10.1 Å². The van der Waals surface area contributed by atoms with E-state index in [2.05, 4.69) is 10.3 Å². The summed E-state index contributed by atoms with van der Waals surface area (Å²) in [5.74, 6) is 0.448. The van der Waals surface area contributed by atoms with Gasteiger partial charge in [0.25, 0.3) is 0 Å². The van der Waals surface area contributed by atoms with Crippen molar-refractivity contribution >= 4 is 34.5 Å². The number of ether oxygens (including phenoxy) is 1. The number of carbonyl (C=O) groups excluding carboxylic acids is 1. The van der Waals surface area contributed by atoms with Gasteiger partial charge in [0.1, 0.15) is 0 Å². The van der Waals surface area contributed by atoms with E-state index in [0.717, 1.165) is 29.6 Å². The van der Waals surface area contributed by atoms with Crippen LogP contribution >= 0.6 is 11.6 Å². The van der Waals surface area contributed by atoms with Gasteiger partial charge >= 0.3 is 0 Å². The van der Waals surface area contributed by atoms with Crippen molar-refractivity contribution in [3.63, 3.8) is 0 Å². The lowest BCUT2D eigenvalue weighted by atomic mass is 10.1. The molecule has 1 aromatic heterocycles. The van der Waals surface area contributed by atoms with Crippen LogP contribution in [-0.4, -0.2) is 28.7 Å². The van der Waals surface area contributed by atoms with Crippen LogP contribution in [0.25, 0.3) is 11.0 Å². The monoisotopic (exact) mass is 371 g/mol. The van der Waals surface area contributed by atoms with Crippen molar-refractivity contribution in [2.45, 2.75) is 26.3 Å². The molecule has 3 aromatic rings. The summed E-state index contributed by atoms with van der Waals surface area (Å²) >= 11 is 5.99. The Morgan fingerprint density at radius 1 is 1.23 bits per heavy atom. The van der Waals surface area contributed by atoms with Gasteiger partial charge < -0.3 is 9.30 Å². The molecule has 1 amide bonds. The summed E-state index contributed by atoms with van der Waals surface area (Å²) in [6.45, 7) is 4.09. The molecule has 0 unspecified atom stereocenters. The van der Waals surface area contributed by atoms with Gasteiger partial charge in [0.15, 0.2) is 0 Å². The average molecular weight is 372 g/mol. The number of hydrogen-bond donors (Lipinski definition) is 1. The Bertz CT molecular complexity index is 892. The van der Waals surface area contributed by atoms with E-state index in [1.54, 1.807) is 12.1 Å². The molecule has 0 spiro atoms. The zero-order chi connectivity index (χ0) is 18.4. The second-order valence-electron chi connectivity index (χ2n) is 5.98. The Hall–Kier alpha value is -2.37. The van der Waals surface area contributed by atoms with Gasteiger partial charge in [0.05, 0.1) is 17.5 Å². The van der Waals surface area contributed by atoms with Crippen molar-refractivity contribution in [3.8, 4) is 0 Å². The third-order valence-corrected chi connectivity index (χ3v) is 4.27. The molecule has 0 aliphatic carbocycles. The normalized spacial score (nSPS) is 11.0. The number of benzene rings is 2. The Morgan fingerprint density at radius 3 is 2.88 bits per heavy atom. The fourth-order valence-corrected chi connectivity index (χ4v) is 3.08. The highest BCUT2D eigenvalue weighted by Gasteiger charge is 2.13. The summed E-state index contributed by atoms with van der Waals surface area (Å²) in [6, 6.07) is 15.2. The summed E-state index contributed by atoms with van der Waals surface area (Å²) in [5, 5.41) is 3.56. The zero-order valence-corrected chi connectivity index (χ0v) is 15.5. The lowest BCUT2D eigenvalue weighted by Crippen LogP contribution is -2.18. The Balaban J connectivity index is 1.76. The summed E-state index contributed by atoms with van der Waals surface area (Å²) in [4.78, 5) is 17.0. The van der Waals surface area contributed by atoms with Crippen molar-refractivity contribution in [2.75, 3.05) is 18.5 Å². The van der Waals surface area contributed by atoms with E-state index in [4.69, 9.17) is 16.3 Å². The van der Waals surface area contributed by atoms with E-state index in [0.29, 0.717) is 24.2 Å². The number of carbonyl (C=O) groups is 1. The maximum absolute atomic E-state index is 12.5. The quantitative estimate of drug-likeness (QED) is 0.601. The van der Waals surface area contributed by atoms with Gasteiger partial charge in [-0.15, -0.1) is 0 Å². The minimum atomic E-state index is -0.117. The molecule has 0 bridgehead atoms. The minimum Gasteiger partial charge on any atom is -0.382 e. The first kappa shape index (κ1) is 18.4. The largest absolute Gasteiger partial charge is 0.382 e. The predicted molar refractivity (Wildman–Crippen MR) is 105 cm³/mol. The number of aromatic nitrogens is 2. The fraction of sp³-hybridized carbons (Fsp3) is 0.300. The highest BCUT2D eigenvalue weighted by Crippen LogP contribution is 2.20. The first-order chi connectivity index (χ1) is 12.7. The molecule has 0 fully saturated rings. The van der Waals surface area contributed by atoms with E-state index in [1.807, 2.05) is 47.9 Å². The Labute approximate surface area is 157 Å². The van der Waals surface area contributed by atoms with Crippen LogP contribution in [0.4, 0.5) is 5.95 Å². The van der Waals surface area contributed by atoms with Gasteiger partial charge in [-0.1, -0.05) is 35.9 Å². The lowest BCUT2D eigenvalue weighted by molar-refractivity contribution is -0.115. The molecule has 0 aliphatic heterocycles. The van der Waals surface area contributed by atoms with Crippen LogP contribution in [0, 0.1) is 0 Å². The average Bonchev–Trinajstić information content (AvgIpc) is 2.96. The minimum absolute atomic E-state index is 0.117. The van der Waals surface area contributed by atoms with Crippen LogP contribution in [0.3, 0.4) is 0 Å². The third kappa shape index (κ3) is 4.62. The van der Waals surface area contributed by atoms with E-state index in [9.17, 15) is 4.79 Å². The van der Waals surface area contributed by atoms with Crippen molar-refractivity contribution in [3.05, 3.63) is 59.1 Å². The van der Waals surface area contributed by atoms with E-state index in [-0.39, 0.29) is 12.3 Å². The summed E-state index contributed by atoms with van der Waals surface area (Å²) in [6.07, 6.45) is 1.11. The van der Waals surface area contributed by atoms with Gasteiger partial charge in [-0.2, -0.15) is 0 Å². The molecule has 1 heterocycles. The zero-order valence-electron chi connectivity index (χ0n) is 14.7. The van der Waals surface area contributed by atoms with Crippen molar-refractivity contribution in [2.24, 2.45) is 0 Å². The highest BCUT2D eigenvalue weighted by atomic mass is 35.5. The third-order valence-electron chi connectivity index (χ3n) is 4.03. The fourth-order valence-electron chi connectivity index (χ4n) is 2.87. The lowest BCUT2D eigenvalue weighted by Gasteiger charge is -2.10. The van der Waals surface area contributed by atoms with Crippen LogP contribution in [0.5, 0.6) is 0 Å². The number of nitrogens with zero attached hydrogens (tertiary/aromatic N) is 2. The van der Waals surface area contributed by atoms with Crippen LogP contribution in [-0.2, 0) is 22.5 Å². The molecule has 0 atom stereocenters. The summed E-state index contributed by atoms with van der Waals surface area (Å²) in [5.41, 5.74) is 2.73. The van der Waals surface area contributed by atoms with Crippen LogP contribution in [0.15, 0.2) is 48.5 Å². The van der Waals surface area contributed by atoms with Crippen molar-refractivity contribution in [1.82, 2.24) is 9.55 Å². The van der Waals surface area contributed by atoms with Gasteiger partial charge in [-0.05, 0) is 43.2 Å². The molecule has 5 nitrogen and oxygen atoms in total. The molecule has 1 N–H and O–H groups in total. The maximum atomic E-state index is 12.5. The number of imidazole rings is 1. The molecule has 26 heavy (non-hydrogen) atoms. The molecule has 0 saturated carbocycles. The summed E-state index contributed by atoms with van der Waals surface area (Å²) < 4.78 is 7.45. The van der Waals surface area contributed by atoms with Gasteiger partial charge in [0.2, 0.25) is 11.9 Å². The molecular weight excluding hydrogens is 350 g/mol.